The summed E-state index contributed by atoms with van der Waals surface area (Å²) in [5.41, 5.74) is 0.763. The van der Waals surface area contributed by atoms with Crippen LogP contribution in [0.5, 0.6) is 0 Å². The molecule has 24 atom stereocenters. The summed E-state index contributed by atoms with van der Waals surface area (Å²) in [4.78, 5) is 12.5. The number of carboxylic acids is 1. The van der Waals surface area contributed by atoms with Crippen LogP contribution in [0.4, 0.5) is 0 Å². The van der Waals surface area contributed by atoms with Gasteiger partial charge < -0.3 is 79.5 Å². The lowest BCUT2D eigenvalue weighted by atomic mass is 9.33. The fourth-order valence-electron chi connectivity index (χ4n) is 15.1. The summed E-state index contributed by atoms with van der Waals surface area (Å²) in [6, 6.07) is 0. The number of carboxylic acid groups (broad SMARTS) is 1. The van der Waals surface area contributed by atoms with E-state index in [1.807, 2.05) is 0 Å². The molecular weight excluding hydrogens is 849 g/mol. The summed E-state index contributed by atoms with van der Waals surface area (Å²) in [6.45, 7) is 19.3. The summed E-state index contributed by atoms with van der Waals surface area (Å²) in [7, 11) is 0. The van der Waals surface area contributed by atoms with Crippen molar-refractivity contribution in [1.29, 1.82) is 0 Å². The number of rotatable bonds is 8. The van der Waals surface area contributed by atoms with Crippen molar-refractivity contribution >= 4 is 5.97 Å². The van der Waals surface area contributed by atoms with Gasteiger partial charge in [-0.1, -0.05) is 67.0 Å². The van der Waals surface area contributed by atoms with Crippen LogP contribution >= 0.6 is 0 Å². The van der Waals surface area contributed by atoms with Crippen LogP contribution < -0.4 is 0 Å². The predicted octanol–water partition coefficient (Wildman–Crippen LogP) is 1.73. The number of hydrogen-bond acceptors (Lipinski definition) is 16. The van der Waals surface area contributed by atoms with Gasteiger partial charge in [0.15, 0.2) is 25.0 Å². The average molecular weight is 927 g/mol. The fourth-order valence-corrected chi connectivity index (χ4v) is 15.1. The molecule has 8 aliphatic rings. The number of allylic oxidation sites excluding steroid dienone is 2. The van der Waals surface area contributed by atoms with Crippen LogP contribution in [0.2, 0.25) is 0 Å². The lowest BCUT2D eigenvalue weighted by molar-refractivity contribution is -0.395. The van der Waals surface area contributed by atoms with Gasteiger partial charge >= 0.3 is 5.97 Å². The van der Waals surface area contributed by atoms with Crippen LogP contribution in [0.15, 0.2) is 11.6 Å². The molecule has 10 N–H and O–H groups in total. The Labute approximate surface area is 382 Å². The first kappa shape index (κ1) is 50.0. The molecule has 17 nitrogen and oxygen atoms in total. The second-order valence-electron chi connectivity index (χ2n) is 23.8. The van der Waals surface area contributed by atoms with Gasteiger partial charge in [0.25, 0.3) is 0 Å². The van der Waals surface area contributed by atoms with Crippen LogP contribution in [0, 0.1) is 50.2 Å². The summed E-state index contributed by atoms with van der Waals surface area (Å²) in [5, 5.41) is 108. The SMILES string of the molecule is C[C@H]1O[C@@H](O[C@H]2[C@@H](O[C@@H]3[C@@H](O[C@H]4CC[C@@]5(C)[C@H](CC[C@]6(C)[C@@H]5CC=C5[C@@H]7CC(C)(C)C[C@H](O)[C@]7(C)CC[C@]56C)C4(C)C)O[C@@H](C(=O)O)[C@H](O)[C@H]3O)O[C@H](CO)[C@H](O)[C@@H]2O)[C@H](O)[C@@H](O)[C@H]1O. The third-order valence-corrected chi connectivity index (χ3v) is 19.4. The topological polar surface area (TPSA) is 275 Å². The van der Waals surface area contributed by atoms with E-state index in [2.05, 4.69) is 61.5 Å². The normalized spacial score (nSPS) is 55.1. The van der Waals surface area contributed by atoms with E-state index in [9.17, 15) is 55.9 Å². The highest BCUT2D eigenvalue weighted by atomic mass is 16.8. The van der Waals surface area contributed by atoms with Gasteiger partial charge in [-0.25, -0.2) is 4.79 Å². The molecule has 3 saturated heterocycles. The number of ether oxygens (including phenoxy) is 6. The summed E-state index contributed by atoms with van der Waals surface area (Å²) in [6.07, 6.45) is -15.9. The Morgan fingerprint density at radius 3 is 1.94 bits per heavy atom. The first-order valence-corrected chi connectivity index (χ1v) is 24.1. The molecule has 3 aliphatic heterocycles. The molecule has 17 heteroatoms. The Bertz CT molecular complexity index is 1790. The first-order valence-electron chi connectivity index (χ1n) is 24.1. The van der Waals surface area contributed by atoms with Crippen molar-refractivity contribution in [3.8, 4) is 0 Å². The zero-order chi connectivity index (χ0) is 47.7. The van der Waals surface area contributed by atoms with Gasteiger partial charge in [0, 0.05) is 5.41 Å². The second kappa shape index (κ2) is 17.2. The molecule has 0 aromatic rings. The highest BCUT2D eigenvalue weighted by molar-refractivity contribution is 5.73. The van der Waals surface area contributed by atoms with E-state index in [1.165, 1.54) is 6.92 Å². The Hall–Kier alpha value is -1.39. The van der Waals surface area contributed by atoms with Crippen LogP contribution in [0.25, 0.3) is 0 Å². The molecule has 0 unspecified atom stereocenters. The van der Waals surface area contributed by atoms with Gasteiger partial charge in [0.1, 0.15) is 61.0 Å². The van der Waals surface area contributed by atoms with Crippen molar-refractivity contribution in [2.45, 2.75) is 224 Å². The zero-order valence-electron chi connectivity index (χ0n) is 39.5. The van der Waals surface area contributed by atoms with E-state index >= 15 is 0 Å². The van der Waals surface area contributed by atoms with E-state index in [0.717, 1.165) is 51.4 Å². The summed E-state index contributed by atoms with van der Waals surface area (Å²) < 4.78 is 36.4. The summed E-state index contributed by atoms with van der Waals surface area (Å²) in [5.74, 6) is -0.724. The quantitative estimate of drug-likeness (QED) is 0.123. The highest BCUT2D eigenvalue weighted by Gasteiger charge is 2.69. The maximum absolute atomic E-state index is 12.5. The molecule has 0 bridgehead atoms. The van der Waals surface area contributed by atoms with E-state index in [1.54, 1.807) is 5.57 Å². The molecule has 7 fully saturated rings. The molecule has 8 rings (SSSR count). The standard InChI is InChI=1S/C48H78O17/c1-21-29(51)31(53)35(57)40(60-21)64-37-32(54)30(52)24(20-49)61-41(37)65-38-34(56)33(55)36(39(58)59)63-42(38)62-28-13-14-46(7)25(44(28,4)5)12-15-48(9)26(46)11-10-22-23-18-43(2,3)19-27(50)45(23,6)16-17-47(22,48)8/h10,21,23-38,40-42,49-57H,11-20H2,1-9H3,(H,58,59)/t21-,23+,24-,25-,26-,27+,28+,29+,30+,31+,32+,33-,34-,35-,36-,37-,38+,40+,41-,42+,45-,46+,47-,48-/m1/s1. The Morgan fingerprint density at radius 1 is 0.662 bits per heavy atom. The van der Waals surface area contributed by atoms with Gasteiger partial charge in [-0.05, 0) is 110 Å². The first-order chi connectivity index (χ1) is 30.2. The van der Waals surface area contributed by atoms with Crippen LogP contribution in [-0.4, -0.2) is 168 Å². The number of aliphatic hydroxyl groups excluding tert-OH is 9. The van der Waals surface area contributed by atoms with Gasteiger partial charge in [-0.15, -0.1) is 0 Å². The van der Waals surface area contributed by atoms with Crippen molar-refractivity contribution in [2.75, 3.05) is 6.61 Å². The Kier molecular flexibility index (Phi) is 13.2. The lowest BCUT2D eigenvalue weighted by Crippen LogP contribution is -2.68. The molecule has 0 radical (unpaired) electrons. The molecule has 3 heterocycles. The fraction of sp³-hybridized carbons (Fsp3) is 0.938. The van der Waals surface area contributed by atoms with Gasteiger partial charge in [0.2, 0.25) is 0 Å². The molecular formula is C48H78O17. The molecule has 0 spiro atoms. The molecule has 65 heavy (non-hydrogen) atoms. The van der Waals surface area contributed by atoms with Gasteiger partial charge in [-0.3, -0.25) is 0 Å². The predicted molar refractivity (Wildman–Crippen MR) is 229 cm³/mol. The lowest BCUT2D eigenvalue weighted by Gasteiger charge is -2.71. The second-order valence-corrected chi connectivity index (χ2v) is 23.8. The number of aliphatic hydroxyl groups is 9. The van der Waals surface area contributed by atoms with E-state index in [0.29, 0.717) is 18.3 Å². The van der Waals surface area contributed by atoms with Crippen LogP contribution in [-0.2, 0) is 33.2 Å². The molecule has 5 aliphatic carbocycles. The van der Waals surface area contributed by atoms with Crippen LogP contribution in [0.1, 0.15) is 120 Å². The van der Waals surface area contributed by atoms with Crippen molar-refractivity contribution < 1.29 is 84.3 Å². The van der Waals surface area contributed by atoms with E-state index in [4.69, 9.17) is 28.4 Å². The largest absolute Gasteiger partial charge is 0.479 e. The van der Waals surface area contributed by atoms with E-state index in [-0.39, 0.29) is 39.1 Å². The van der Waals surface area contributed by atoms with Crippen molar-refractivity contribution in [3.05, 3.63) is 11.6 Å². The minimum atomic E-state index is -2.02. The van der Waals surface area contributed by atoms with Gasteiger partial charge in [-0.2, -0.15) is 0 Å². The number of fused-ring (bicyclic) bond motifs is 7. The number of hydrogen-bond donors (Lipinski definition) is 10. The van der Waals surface area contributed by atoms with E-state index < -0.39 is 116 Å². The van der Waals surface area contributed by atoms with Crippen molar-refractivity contribution in [3.63, 3.8) is 0 Å². The van der Waals surface area contributed by atoms with Gasteiger partial charge in [0.05, 0.1) is 24.9 Å². The maximum Gasteiger partial charge on any atom is 0.335 e. The Balaban J connectivity index is 1.06. The Morgan fingerprint density at radius 2 is 1.29 bits per heavy atom. The van der Waals surface area contributed by atoms with Crippen LogP contribution in [0.3, 0.4) is 0 Å². The third kappa shape index (κ3) is 7.81. The third-order valence-electron chi connectivity index (χ3n) is 19.4. The summed E-state index contributed by atoms with van der Waals surface area (Å²) >= 11 is 0. The molecule has 0 aromatic carbocycles. The number of aliphatic carboxylic acids is 1. The monoisotopic (exact) mass is 927 g/mol. The molecule has 0 aromatic heterocycles. The van der Waals surface area contributed by atoms with Crippen molar-refractivity contribution in [2.24, 2.45) is 50.2 Å². The average Bonchev–Trinajstić information content (AvgIpc) is 3.22. The smallest absolute Gasteiger partial charge is 0.335 e. The van der Waals surface area contributed by atoms with Crippen molar-refractivity contribution in [1.82, 2.24) is 0 Å². The minimum absolute atomic E-state index is 0.00181. The maximum atomic E-state index is 12.5. The zero-order valence-corrected chi connectivity index (χ0v) is 39.5. The molecule has 372 valence electrons. The molecule has 0 amide bonds. The number of carbonyl (C=O) groups is 1. The molecule has 4 saturated carbocycles. The highest BCUT2D eigenvalue weighted by Crippen LogP contribution is 2.76. The minimum Gasteiger partial charge on any atom is -0.479 e.